The molecule has 1 heterocycles. The van der Waals surface area contributed by atoms with Crippen molar-refractivity contribution in [2.45, 2.75) is 49.7 Å². The number of benzene rings is 5. The van der Waals surface area contributed by atoms with E-state index in [4.69, 9.17) is 14.2 Å². The van der Waals surface area contributed by atoms with Gasteiger partial charge in [0.2, 0.25) is 0 Å². The van der Waals surface area contributed by atoms with Gasteiger partial charge in [0, 0.05) is 0 Å². The van der Waals surface area contributed by atoms with E-state index >= 15 is 0 Å². The highest BCUT2D eigenvalue weighted by Crippen LogP contribution is 2.52. The molecule has 6 rings (SSSR count). The van der Waals surface area contributed by atoms with E-state index in [1.54, 1.807) is 0 Å². The molecule has 212 valence electrons. The van der Waals surface area contributed by atoms with Gasteiger partial charge in [0.25, 0.3) is 0 Å². The fourth-order valence-electron chi connectivity index (χ4n) is 6.13. The summed E-state index contributed by atoms with van der Waals surface area (Å²) in [7, 11) is 0. The highest BCUT2D eigenvalue weighted by molar-refractivity contribution is 5.44. The SMILES string of the molecule is CC1(C)O[C@@H](C(O)(c2ccccc2)c2ccccc2)[C@H](C(OCc2ccccc2)(c2ccccc2)c2ccccc2)O1. The molecule has 1 fully saturated rings. The summed E-state index contributed by atoms with van der Waals surface area (Å²) in [5.41, 5.74) is 1.57. The fraction of sp³-hybridized carbons (Fsp3) is 0.211. The van der Waals surface area contributed by atoms with Gasteiger partial charge in [-0.25, -0.2) is 0 Å². The maximum absolute atomic E-state index is 13.0. The number of rotatable bonds is 9. The third-order valence-electron chi connectivity index (χ3n) is 8.05. The Morgan fingerprint density at radius 1 is 0.548 bits per heavy atom. The predicted octanol–water partition coefficient (Wildman–Crippen LogP) is 7.60. The van der Waals surface area contributed by atoms with Gasteiger partial charge in [0.05, 0.1) is 6.61 Å². The standard InChI is InChI=1S/C38H36O4/c1-36(2)41-34(37(39,30-20-10-4-11-21-30)31-22-12-5-13-23-31)35(42-36)38(32-24-14-6-15-25-32,33-26-16-7-17-27-33)40-28-29-18-8-3-9-19-29/h3-27,34-35,39H,28H2,1-2H3/t34-,35-/m1/s1. The first-order valence-electron chi connectivity index (χ1n) is 14.4. The molecule has 4 heteroatoms. The third kappa shape index (κ3) is 5.19. The molecular weight excluding hydrogens is 520 g/mol. The zero-order valence-electron chi connectivity index (χ0n) is 24.0. The van der Waals surface area contributed by atoms with Gasteiger partial charge < -0.3 is 19.3 Å². The van der Waals surface area contributed by atoms with Gasteiger partial charge in [-0.2, -0.15) is 0 Å². The Labute approximate surface area is 248 Å². The first kappa shape index (κ1) is 28.1. The Kier molecular flexibility index (Phi) is 7.80. The molecule has 42 heavy (non-hydrogen) atoms. The van der Waals surface area contributed by atoms with Crippen LogP contribution < -0.4 is 0 Å². The molecule has 1 saturated heterocycles. The van der Waals surface area contributed by atoms with Gasteiger partial charge in [0.1, 0.15) is 23.4 Å². The zero-order valence-corrected chi connectivity index (χ0v) is 24.0. The van der Waals surface area contributed by atoms with Crippen LogP contribution in [-0.2, 0) is 32.0 Å². The normalized spacial score (nSPS) is 18.5. The van der Waals surface area contributed by atoms with Crippen molar-refractivity contribution >= 4 is 0 Å². The van der Waals surface area contributed by atoms with Crippen molar-refractivity contribution in [2.75, 3.05) is 0 Å². The largest absolute Gasteiger partial charge is 0.378 e. The van der Waals surface area contributed by atoms with E-state index in [9.17, 15) is 5.11 Å². The van der Waals surface area contributed by atoms with Crippen molar-refractivity contribution in [1.29, 1.82) is 0 Å². The fourth-order valence-corrected chi connectivity index (χ4v) is 6.13. The van der Waals surface area contributed by atoms with E-state index in [2.05, 4.69) is 36.4 Å². The Morgan fingerprint density at radius 2 is 0.905 bits per heavy atom. The van der Waals surface area contributed by atoms with Crippen LogP contribution in [0.15, 0.2) is 152 Å². The molecule has 0 aromatic heterocycles. The van der Waals surface area contributed by atoms with Crippen LogP contribution in [0.3, 0.4) is 0 Å². The van der Waals surface area contributed by atoms with Crippen LogP contribution >= 0.6 is 0 Å². The number of aliphatic hydroxyl groups is 1. The molecule has 5 aromatic carbocycles. The molecule has 1 N–H and O–H groups in total. The van der Waals surface area contributed by atoms with Crippen molar-refractivity contribution in [1.82, 2.24) is 0 Å². The van der Waals surface area contributed by atoms with E-state index in [0.717, 1.165) is 16.7 Å². The van der Waals surface area contributed by atoms with Crippen LogP contribution in [0.2, 0.25) is 0 Å². The molecule has 1 aliphatic heterocycles. The van der Waals surface area contributed by atoms with Crippen molar-refractivity contribution in [3.63, 3.8) is 0 Å². The number of hydrogen-bond donors (Lipinski definition) is 1. The molecule has 0 aliphatic carbocycles. The van der Waals surface area contributed by atoms with Crippen molar-refractivity contribution in [3.8, 4) is 0 Å². The van der Waals surface area contributed by atoms with Crippen LogP contribution in [0.25, 0.3) is 0 Å². The number of hydrogen-bond acceptors (Lipinski definition) is 4. The Bertz CT molecular complexity index is 1480. The molecule has 0 unspecified atom stereocenters. The summed E-state index contributed by atoms with van der Waals surface area (Å²) < 4.78 is 20.8. The second-order valence-electron chi connectivity index (χ2n) is 11.2. The highest BCUT2D eigenvalue weighted by Gasteiger charge is 2.62. The number of ether oxygens (including phenoxy) is 3. The van der Waals surface area contributed by atoms with Crippen molar-refractivity contribution < 1.29 is 19.3 Å². The lowest BCUT2D eigenvalue weighted by Gasteiger charge is -2.45. The van der Waals surface area contributed by atoms with Crippen molar-refractivity contribution in [3.05, 3.63) is 179 Å². The molecule has 2 atom stereocenters. The monoisotopic (exact) mass is 556 g/mol. The van der Waals surface area contributed by atoms with Gasteiger partial charge in [-0.3, -0.25) is 0 Å². The smallest absolute Gasteiger partial charge is 0.164 e. The minimum absolute atomic E-state index is 0.326. The van der Waals surface area contributed by atoms with Gasteiger partial charge >= 0.3 is 0 Å². The van der Waals surface area contributed by atoms with Gasteiger partial charge in [-0.05, 0) is 41.7 Å². The Balaban J connectivity index is 1.61. The van der Waals surface area contributed by atoms with E-state index < -0.39 is 29.2 Å². The third-order valence-corrected chi connectivity index (χ3v) is 8.05. The Morgan fingerprint density at radius 3 is 1.33 bits per heavy atom. The lowest BCUT2D eigenvalue weighted by Crippen LogP contribution is -2.56. The molecule has 0 radical (unpaired) electrons. The summed E-state index contributed by atoms with van der Waals surface area (Å²) in [5.74, 6) is -1.02. The topological polar surface area (TPSA) is 47.9 Å². The van der Waals surface area contributed by atoms with Crippen LogP contribution in [0, 0.1) is 0 Å². The average Bonchev–Trinajstić information content (AvgIpc) is 3.39. The van der Waals surface area contributed by atoms with E-state index in [1.807, 2.05) is 129 Å². The molecule has 0 amide bonds. The van der Waals surface area contributed by atoms with E-state index in [1.165, 1.54) is 0 Å². The van der Waals surface area contributed by atoms with Gasteiger partial charge in [0.15, 0.2) is 5.79 Å². The van der Waals surface area contributed by atoms with E-state index in [0.29, 0.717) is 17.7 Å². The van der Waals surface area contributed by atoms with Crippen LogP contribution in [0.5, 0.6) is 0 Å². The molecule has 0 bridgehead atoms. The molecule has 4 nitrogen and oxygen atoms in total. The van der Waals surface area contributed by atoms with E-state index in [-0.39, 0.29) is 0 Å². The lowest BCUT2D eigenvalue weighted by atomic mass is 9.72. The zero-order chi connectivity index (χ0) is 29.0. The highest BCUT2D eigenvalue weighted by atomic mass is 16.8. The van der Waals surface area contributed by atoms with Crippen LogP contribution in [0.4, 0.5) is 0 Å². The van der Waals surface area contributed by atoms with Crippen molar-refractivity contribution in [2.24, 2.45) is 0 Å². The summed E-state index contributed by atoms with van der Waals surface area (Å²) in [4.78, 5) is 0. The summed E-state index contributed by atoms with van der Waals surface area (Å²) in [5, 5.41) is 13.0. The quantitative estimate of drug-likeness (QED) is 0.203. The molecule has 0 saturated carbocycles. The first-order valence-corrected chi connectivity index (χ1v) is 14.4. The molecular formula is C38H36O4. The van der Waals surface area contributed by atoms with Crippen LogP contribution in [-0.4, -0.2) is 23.1 Å². The first-order chi connectivity index (χ1) is 20.4. The molecule has 1 aliphatic rings. The summed E-state index contributed by atoms with van der Waals surface area (Å²) in [6.07, 6.45) is -1.61. The summed E-state index contributed by atoms with van der Waals surface area (Å²) >= 11 is 0. The molecule has 5 aromatic rings. The summed E-state index contributed by atoms with van der Waals surface area (Å²) in [6.45, 7) is 4.12. The van der Waals surface area contributed by atoms with Gasteiger partial charge in [-0.15, -0.1) is 0 Å². The van der Waals surface area contributed by atoms with Gasteiger partial charge in [-0.1, -0.05) is 152 Å². The second kappa shape index (κ2) is 11.7. The second-order valence-corrected chi connectivity index (χ2v) is 11.2. The predicted molar refractivity (Wildman–Crippen MR) is 165 cm³/mol. The Hall–Kier alpha value is -4.06. The maximum Gasteiger partial charge on any atom is 0.164 e. The lowest BCUT2D eigenvalue weighted by molar-refractivity contribution is -0.180. The van der Waals surface area contributed by atoms with Crippen LogP contribution in [0.1, 0.15) is 41.7 Å². The minimum Gasteiger partial charge on any atom is -0.378 e. The summed E-state index contributed by atoms with van der Waals surface area (Å²) in [6, 6.07) is 49.8. The maximum atomic E-state index is 13.0. The minimum atomic E-state index is -1.56. The average molecular weight is 557 g/mol. The molecule has 0 spiro atoms.